The van der Waals surface area contributed by atoms with Crippen molar-refractivity contribution in [1.29, 1.82) is 0 Å². The smallest absolute Gasteiger partial charge is 0.169 e. The first kappa shape index (κ1) is 15.1. The molecule has 0 heterocycles. The fraction of sp³-hybridized carbons (Fsp3) is 0.462. The molecule has 1 aromatic rings. The topological polar surface area (TPSA) is 29.1 Å². The van der Waals surface area contributed by atoms with Gasteiger partial charge in [0, 0.05) is 17.5 Å². The van der Waals surface area contributed by atoms with Gasteiger partial charge in [0.15, 0.2) is 5.78 Å². The molecule has 16 heavy (non-hydrogen) atoms. The molecule has 0 aliphatic rings. The Hall–Kier alpha value is -0.860. The number of hydrogen-bond donors (Lipinski definition) is 1. The molecule has 0 spiro atoms. The van der Waals surface area contributed by atoms with Crippen LogP contribution in [-0.2, 0) is 0 Å². The van der Waals surface area contributed by atoms with Gasteiger partial charge in [-0.3, -0.25) is 4.79 Å². The van der Waals surface area contributed by atoms with Crippen molar-refractivity contribution in [3.05, 3.63) is 35.9 Å². The Morgan fingerprint density at radius 2 is 1.81 bits per heavy atom. The molecule has 0 aliphatic heterocycles. The number of Topliss-reactive ketones (excluding diaryl/α,β-unsaturated/α-hetero) is 1. The molecule has 0 unspecified atom stereocenters. The second-order valence-electron chi connectivity index (χ2n) is 4.36. The van der Waals surface area contributed by atoms with Crippen molar-refractivity contribution in [2.75, 3.05) is 13.1 Å². The fourth-order valence-electron chi connectivity index (χ4n) is 1.50. The predicted molar refractivity (Wildman–Crippen MR) is 70.3 cm³/mol. The molecule has 0 amide bonds. The molecule has 90 valence electrons. The third-order valence-electron chi connectivity index (χ3n) is 2.47. The van der Waals surface area contributed by atoms with Gasteiger partial charge in [0.1, 0.15) is 0 Å². The third kappa shape index (κ3) is 3.95. The highest BCUT2D eigenvalue weighted by molar-refractivity contribution is 6.00. The summed E-state index contributed by atoms with van der Waals surface area (Å²) in [5.41, 5.74) is 0.456. The maximum atomic E-state index is 12.1. The van der Waals surface area contributed by atoms with Gasteiger partial charge in [-0.1, -0.05) is 51.1 Å². The maximum absolute atomic E-state index is 12.1. The Kier molecular flexibility index (Phi) is 6.31. The van der Waals surface area contributed by atoms with Gasteiger partial charge in [-0.2, -0.15) is 0 Å². The largest absolute Gasteiger partial charge is 0.316 e. The van der Waals surface area contributed by atoms with Crippen LogP contribution in [0.1, 0.15) is 31.1 Å². The molecule has 0 aromatic heterocycles. The van der Waals surface area contributed by atoms with Crippen LogP contribution in [-0.4, -0.2) is 18.9 Å². The summed E-state index contributed by atoms with van der Waals surface area (Å²) < 4.78 is 0. The second kappa shape index (κ2) is 6.66. The van der Waals surface area contributed by atoms with Gasteiger partial charge in [0.05, 0.1) is 0 Å². The highest BCUT2D eigenvalue weighted by Crippen LogP contribution is 2.20. The molecular formula is C13H20ClNO. The maximum Gasteiger partial charge on any atom is 0.169 e. The van der Waals surface area contributed by atoms with E-state index in [1.54, 1.807) is 0 Å². The zero-order valence-electron chi connectivity index (χ0n) is 10.1. The second-order valence-corrected chi connectivity index (χ2v) is 4.36. The predicted octanol–water partition coefficient (Wildman–Crippen LogP) is 2.93. The Morgan fingerprint density at radius 3 is 2.31 bits per heavy atom. The van der Waals surface area contributed by atoms with Crippen molar-refractivity contribution in [3.63, 3.8) is 0 Å². The van der Waals surface area contributed by atoms with Crippen LogP contribution >= 0.6 is 12.4 Å². The van der Waals surface area contributed by atoms with Gasteiger partial charge in [-0.05, 0) is 6.54 Å². The summed E-state index contributed by atoms with van der Waals surface area (Å²) in [6.45, 7) is 7.61. The van der Waals surface area contributed by atoms with Crippen LogP contribution < -0.4 is 5.32 Å². The summed E-state index contributed by atoms with van der Waals surface area (Å²) in [4.78, 5) is 12.1. The minimum Gasteiger partial charge on any atom is -0.316 e. The van der Waals surface area contributed by atoms with E-state index in [2.05, 4.69) is 5.32 Å². The first-order valence-corrected chi connectivity index (χ1v) is 5.38. The molecule has 0 atom stereocenters. The molecule has 1 rings (SSSR count). The van der Waals surface area contributed by atoms with Gasteiger partial charge in [-0.25, -0.2) is 0 Å². The molecule has 0 saturated heterocycles. The first-order valence-electron chi connectivity index (χ1n) is 5.38. The Bertz CT molecular complexity index is 322. The van der Waals surface area contributed by atoms with E-state index in [9.17, 15) is 4.79 Å². The number of ketones is 1. The van der Waals surface area contributed by atoms with Crippen LogP contribution in [0.25, 0.3) is 0 Å². The third-order valence-corrected chi connectivity index (χ3v) is 2.47. The number of carbonyl (C=O) groups is 1. The Balaban J connectivity index is 0.00000225. The molecule has 0 bridgehead atoms. The first-order chi connectivity index (χ1) is 7.08. The van der Waals surface area contributed by atoms with Gasteiger partial charge in [0.2, 0.25) is 0 Å². The van der Waals surface area contributed by atoms with Gasteiger partial charge < -0.3 is 5.32 Å². The van der Waals surface area contributed by atoms with Crippen LogP contribution in [0.15, 0.2) is 30.3 Å². The van der Waals surface area contributed by atoms with Crippen LogP contribution in [0.4, 0.5) is 0 Å². The minimum atomic E-state index is -0.336. The number of nitrogens with one attached hydrogen (secondary N) is 1. The summed E-state index contributed by atoms with van der Waals surface area (Å²) in [6, 6.07) is 9.47. The van der Waals surface area contributed by atoms with E-state index >= 15 is 0 Å². The molecule has 3 heteroatoms. The zero-order chi connectivity index (χ0) is 11.3. The number of hydrogen-bond acceptors (Lipinski definition) is 2. The normalized spacial score (nSPS) is 10.7. The molecule has 0 saturated carbocycles. The standard InChI is InChI=1S/C13H19NO.ClH/c1-4-14-10-13(2,3)12(15)11-8-6-5-7-9-11;/h5-9,14H,4,10H2,1-3H3;1H. The highest BCUT2D eigenvalue weighted by Gasteiger charge is 2.27. The molecule has 0 fully saturated rings. The lowest BCUT2D eigenvalue weighted by atomic mass is 9.84. The Labute approximate surface area is 104 Å². The quantitative estimate of drug-likeness (QED) is 0.804. The fourth-order valence-corrected chi connectivity index (χ4v) is 1.50. The molecule has 1 aromatic carbocycles. The number of benzene rings is 1. The van der Waals surface area contributed by atoms with E-state index in [1.165, 1.54) is 0 Å². The number of halogens is 1. The van der Waals surface area contributed by atoms with Crippen molar-refractivity contribution in [2.45, 2.75) is 20.8 Å². The summed E-state index contributed by atoms with van der Waals surface area (Å²) in [5, 5.41) is 3.22. The van der Waals surface area contributed by atoms with Crippen molar-refractivity contribution in [3.8, 4) is 0 Å². The highest BCUT2D eigenvalue weighted by atomic mass is 35.5. The number of rotatable bonds is 5. The van der Waals surface area contributed by atoms with Crippen LogP contribution in [0, 0.1) is 5.41 Å². The summed E-state index contributed by atoms with van der Waals surface area (Å²) in [7, 11) is 0. The molecule has 0 aliphatic carbocycles. The molecule has 2 nitrogen and oxygen atoms in total. The van der Waals surface area contributed by atoms with E-state index < -0.39 is 0 Å². The van der Waals surface area contributed by atoms with E-state index in [1.807, 2.05) is 51.1 Å². The van der Waals surface area contributed by atoms with Crippen molar-refractivity contribution >= 4 is 18.2 Å². The van der Waals surface area contributed by atoms with E-state index in [-0.39, 0.29) is 23.6 Å². The average Bonchev–Trinajstić information content (AvgIpc) is 2.26. The lowest BCUT2D eigenvalue weighted by molar-refractivity contribution is 0.0837. The van der Waals surface area contributed by atoms with Crippen molar-refractivity contribution in [2.24, 2.45) is 5.41 Å². The van der Waals surface area contributed by atoms with E-state index in [0.29, 0.717) is 0 Å². The van der Waals surface area contributed by atoms with Gasteiger partial charge in [0.25, 0.3) is 0 Å². The lowest BCUT2D eigenvalue weighted by Crippen LogP contribution is -2.36. The summed E-state index contributed by atoms with van der Waals surface area (Å²) in [5.74, 6) is 0.198. The molecule has 0 radical (unpaired) electrons. The van der Waals surface area contributed by atoms with Crippen LogP contribution in [0.3, 0.4) is 0 Å². The van der Waals surface area contributed by atoms with Crippen molar-refractivity contribution < 1.29 is 4.79 Å². The SMILES string of the molecule is CCNCC(C)(C)C(=O)c1ccccc1.Cl. The summed E-state index contributed by atoms with van der Waals surface area (Å²) >= 11 is 0. The monoisotopic (exact) mass is 241 g/mol. The Morgan fingerprint density at radius 1 is 1.25 bits per heavy atom. The van der Waals surface area contributed by atoms with Gasteiger partial charge >= 0.3 is 0 Å². The van der Waals surface area contributed by atoms with E-state index in [4.69, 9.17) is 0 Å². The molecular weight excluding hydrogens is 222 g/mol. The summed E-state index contributed by atoms with van der Waals surface area (Å²) in [6.07, 6.45) is 0. The van der Waals surface area contributed by atoms with Crippen LogP contribution in [0.2, 0.25) is 0 Å². The lowest BCUT2D eigenvalue weighted by Gasteiger charge is -2.23. The van der Waals surface area contributed by atoms with Crippen molar-refractivity contribution in [1.82, 2.24) is 5.32 Å². The average molecular weight is 242 g/mol. The number of carbonyl (C=O) groups excluding carboxylic acids is 1. The van der Waals surface area contributed by atoms with Crippen LogP contribution in [0.5, 0.6) is 0 Å². The zero-order valence-corrected chi connectivity index (χ0v) is 10.9. The van der Waals surface area contributed by atoms with Gasteiger partial charge in [-0.15, -0.1) is 12.4 Å². The molecule has 1 N–H and O–H groups in total. The minimum absolute atomic E-state index is 0. The van der Waals surface area contributed by atoms with E-state index in [0.717, 1.165) is 18.7 Å².